The van der Waals surface area contributed by atoms with Crippen molar-refractivity contribution in [3.63, 3.8) is 0 Å². The third kappa shape index (κ3) is 13.7. The Morgan fingerprint density at radius 2 is 1.56 bits per heavy atom. The minimum Gasteiger partial charge on any atom is -0.414 e. The van der Waals surface area contributed by atoms with Crippen LogP contribution < -0.4 is 0 Å². The molecule has 0 saturated heterocycles. The average Bonchev–Trinajstić information content (AvgIpc) is 2.21. The normalized spacial score (nSPS) is 9.62. The zero-order chi connectivity index (χ0) is 13.8. The molecule has 98 valence electrons. The molecule has 0 aliphatic rings. The summed E-state index contributed by atoms with van der Waals surface area (Å²) < 4.78 is 10.6. The van der Waals surface area contributed by atoms with E-state index in [0.717, 1.165) is 0 Å². The van der Waals surface area contributed by atoms with Crippen LogP contribution in [0.5, 0.6) is 0 Å². The largest absolute Gasteiger partial charge is 0.453 e. The van der Waals surface area contributed by atoms with Gasteiger partial charge in [0.15, 0.2) is 0 Å². The molecule has 0 N–H and O–H groups in total. The Labute approximate surface area is 104 Å². The van der Waals surface area contributed by atoms with Gasteiger partial charge >= 0.3 is 7.12 Å². The molecule has 0 saturated carbocycles. The van der Waals surface area contributed by atoms with Gasteiger partial charge in [0.1, 0.15) is 0 Å². The van der Waals surface area contributed by atoms with E-state index in [-0.39, 0.29) is 12.7 Å². The van der Waals surface area contributed by atoms with E-state index in [4.69, 9.17) is 9.31 Å². The molecule has 3 heteroatoms. The van der Waals surface area contributed by atoms with Gasteiger partial charge < -0.3 is 9.31 Å². The highest BCUT2D eigenvalue weighted by molar-refractivity contribution is 6.42. The van der Waals surface area contributed by atoms with E-state index >= 15 is 0 Å². The lowest BCUT2D eigenvalue weighted by atomic mass is 9.87. The molecule has 0 aliphatic heterocycles. The molecule has 16 heavy (non-hydrogen) atoms. The number of hydrogen-bond acceptors (Lipinski definition) is 2. The van der Waals surface area contributed by atoms with Crippen LogP contribution in [0.2, 0.25) is 6.82 Å². The minimum atomic E-state index is -0.118. The van der Waals surface area contributed by atoms with Crippen molar-refractivity contribution in [3.05, 3.63) is 12.7 Å². The van der Waals surface area contributed by atoms with Crippen LogP contribution >= 0.6 is 0 Å². The van der Waals surface area contributed by atoms with E-state index < -0.39 is 0 Å². The van der Waals surface area contributed by atoms with Crippen molar-refractivity contribution in [2.75, 3.05) is 7.11 Å². The third-order valence-corrected chi connectivity index (χ3v) is 2.19. The second-order valence-electron chi connectivity index (χ2n) is 4.09. The van der Waals surface area contributed by atoms with Gasteiger partial charge in [-0.3, -0.25) is 0 Å². The predicted molar refractivity (Wildman–Crippen MR) is 75.8 cm³/mol. The molecule has 0 fully saturated rings. The zero-order valence-electron chi connectivity index (χ0n) is 12.8. The molecule has 2 nitrogen and oxygen atoms in total. The monoisotopic (exact) mass is 230 g/mol. The average molecular weight is 230 g/mol. The van der Waals surface area contributed by atoms with E-state index in [9.17, 15) is 0 Å². The fraction of sp³-hybridized carbons (Fsp3) is 0.846. The highest BCUT2D eigenvalue weighted by Crippen LogP contribution is 2.21. The molecular formula is C13H31BO2. The molecule has 0 atom stereocenters. The smallest absolute Gasteiger partial charge is 0.414 e. The first-order valence-corrected chi connectivity index (χ1v) is 6.09. The molecule has 0 aliphatic carbocycles. The summed E-state index contributed by atoms with van der Waals surface area (Å²) in [5.41, 5.74) is -0.102. The van der Waals surface area contributed by atoms with Gasteiger partial charge in [0.05, 0.1) is 5.60 Å². The van der Waals surface area contributed by atoms with Crippen LogP contribution in [0.3, 0.4) is 0 Å². The summed E-state index contributed by atoms with van der Waals surface area (Å²) in [5.74, 6) is 0.500. The quantitative estimate of drug-likeness (QED) is 0.525. The van der Waals surface area contributed by atoms with Crippen molar-refractivity contribution in [2.45, 2.75) is 60.9 Å². The minimum absolute atomic E-state index is 0.102. The van der Waals surface area contributed by atoms with E-state index in [0.29, 0.717) is 5.92 Å². The summed E-state index contributed by atoms with van der Waals surface area (Å²) in [6.45, 7) is 19.6. The lowest BCUT2D eigenvalue weighted by molar-refractivity contribution is 0.0346. The van der Waals surface area contributed by atoms with Crippen LogP contribution in [0.1, 0.15) is 48.5 Å². The molecule has 0 rings (SSSR count). The van der Waals surface area contributed by atoms with Crippen molar-refractivity contribution in [1.82, 2.24) is 0 Å². The van der Waals surface area contributed by atoms with Gasteiger partial charge in [0, 0.05) is 7.11 Å². The van der Waals surface area contributed by atoms with Crippen molar-refractivity contribution < 1.29 is 9.31 Å². The maximum Gasteiger partial charge on any atom is 0.453 e. The lowest BCUT2D eigenvalue weighted by Crippen LogP contribution is -2.37. The molecule has 0 aromatic heterocycles. The molecule has 0 bridgehead atoms. The fourth-order valence-corrected chi connectivity index (χ4v) is 0.612. The van der Waals surface area contributed by atoms with Crippen LogP contribution in [0.4, 0.5) is 0 Å². The molecule has 0 heterocycles. The van der Waals surface area contributed by atoms with E-state index in [1.807, 2.05) is 27.6 Å². The topological polar surface area (TPSA) is 18.5 Å². The summed E-state index contributed by atoms with van der Waals surface area (Å²) in [6, 6.07) is 0. The molecule has 0 radical (unpaired) electrons. The summed E-state index contributed by atoms with van der Waals surface area (Å²) in [5, 5.41) is 0. The Morgan fingerprint density at radius 3 is 1.75 bits per heavy atom. The fourth-order valence-electron chi connectivity index (χ4n) is 0.612. The van der Waals surface area contributed by atoms with E-state index in [1.165, 1.54) is 0 Å². The Balaban J connectivity index is -0.000000289. The summed E-state index contributed by atoms with van der Waals surface area (Å²) in [6.07, 6.45) is 1.75. The van der Waals surface area contributed by atoms with E-state index in [1.54, 1.807) is 13.2 Å². The Morgan fingerprint density at radius 1 is 1.25 bits per heavy atom. The van der Waals surface area contributed by atoms with Crippen molar-refractivity contribution >= 4 is 7.12 Å². The lowest BCUT2D eigenvalue weighted by Gasteiger charge is -2.31. The first-order valence-electron chi connectivity index (χ1n) is 6.09. The van der Waals surface area contributed by atoms with E-state index in [2.05, 4.69) is 34.3 Å². The molecule has 0 spiro atoms. The first-order chi connectivity index (χ1) is 7.31. The van der Waals surface area contributed by atoms with Gasteiger partial charge in [0.2, 0.25) is 0 Å². The Hall–Kier alpha value is -0.275. The van der Waals surface area contributed by atoms with Crippen LogP contribution in [0.25, 0.3) is 0 Å². The highest BCUT2D eigenvalue weighted by atomic mass is 16.6. The predicted octanol–water partition coefficient (Wildman–Crippen LogP) is 4.42. The summed E-state index contributed by atoms with van der Waals surface area (Å²) >= 11 is 0. The van der Waals surface area contributed by atoms with Crippen LogP contribution in [0.15, 0.2) is 12.7 Å². The number of allylic oxidation sites excluding steroid dienone is 1. The maximum absolute atomic E-state index is 5.63. The Kier molecular flexibility index (Phi) is 16.8. The standard InChI is InChI=1S/C8H19BO2.C3H6.C2H6/c1-7(2)8(3,4)11-9(5)10-6;1-3-2;1-2/h7H,1-6H3;3H,1H2,2H3;1-2H3. The Bertz CT molecular complexity index is 145. The van der Waals surface area contributed by atoms with Gasteiger partial charge in [-0.2, -0.15) is 0 Å². The maximum atomic E-state index is 5.63. The molecular weight excluding hydrogens is 199 g/mol. The third-order valence-electron chi connectivity index (χ3n) is 2.19. The number of hydrogen-bond donors (Lipinski definition) is 0. The van der Waals surface area contributed by atoms with Crippen LogP contribution in [-0.2, 0) is 9.31 Å². The van der Waals surface area contributed by atoms with Gasteiger partial charge in [-0.25, -0.2) is 0 Å². The first kappa shape index (κ1) is 21.1. The van der Waals surface area contributed by atoms with Crippen LogP contribution in [-0.4, -0.2) is 19.8 Å². The van der Waals surface area contributed by atoms with Crippen molar-refractivity contribution in [2.24, 2.45) is 5.92 Å². The van der Waals surface area contributed by atoms with Gasteiger partial charge in [-0.05, 0) is 33.5 Å². The SMILES string of the molecule is C=CC.CC.COB(C)OC(C)(C)C(C)C. The van der Waals surface area contributed by atoms with Crippen LogP contribution in [0, 0.1) is 5.92 Å². The molecule has 0 aromatic carbocycles. The summed E-state index contributed by atoms with van der Waals surface area (Å²) in [7, 11) is 1.54. The molecule has 0 unspecified atom stereocenters. The molecule has 0 amide bonds. The van der Waals surface area contributed by atoms with Crippen molar-refractivity contribution in [3.8, 4) is 0 Å². The van der Waals surface area contributed by atoms with Gasteiger partial charge in [0.25, 0.3) is 0 Å². The second kappa shape index (κ2) is 12.8. The van der Waals surface area contributed by atoms with Crippen molar-refractivity contribution in [1.29, 1.82) is 0 Å². The number of rotatable bonds is 4. The molecule has 0 aromatic rings. The summed E-state index contributed by atoms with van der Waals surface area (Å²) in [4.78, 5) is 0. The van der Waals surface area contributed by atoms with Gasteiger partial charge in [-0.1, -0.05) is 33.8 Å². The highest BCUT2D eigenvalue weighted by Gasteiger charge is 2.27. The second-order valence-corrected chi connectivity index (χ2v) is 4.09. The zero-order valence-corrected chi connectivity index (χ0v) is 12.8. The van der Waals surface area contributed by atoms with Gasteiger partial charge in [-0.15, -0.1) is 6.58 Å².